The Morgan fingerprint density at radius 2 is 1.78 bits per heavy atom. The highest BCUT2D eigenvalue weighted by Crippen LogP contribution is 2.32. The lowest BCUT2D eigenvalue weighted by atomic mass is 10.1. The molecule has 0 atom stereocenters. The molecule has 0 radical (unpaired) electrons. The smallest absolute Gasteiger partial charge is 0.339 e. The van der Waals surface area contributed by atoms with Crippen molar-refractivity contribution in [1.82, 2.24) is 0 Å². The molecule has 0 fully saturated rings. The number of nitrogens with zero attached hydrogens (tertiary/aromatic N) is 1. The minimum atomic E-state index is -3.41. The van der Waals surface area contributed by atoms with Crippen molar-refractivity contribution in [2.75, 3.05) is 11.9 Å². The summed E-state index contributed by atoms with van der Waals surface area (Å²) >= 11 is 18.7. The number of nitrogens with two attached hydrogens (primary N) is 1. The molecule has 4 N–H and O–H groups in total. The van der Waals surface area contributed by atoms with Crippen molar-refractivity contribution in [1.29, 1.82) is 0 Å². The highest BCUT2D eigenvalue weighted by Gasteiger charge is 2.28. The topological polar surface area (TPSA) is 114 Å². The number of carbonyl (C=O) groups excluding carboxylic acids is 1. The van der Waals surface area contributed by atoms with Crippen LogP contribution in [-0.2, 0) is 9.53 Å². The van der Waals surface area contributed by atoms with Gasteiger partial charge in [-0.05, 0) is 24.3 Å². The second kappa shape index (κ2) is 11.1. The first kappa shape index (κ1) is 26.1. The number of aromatic carboxylic acids is 1. The van der Waals surface area contributed by atoms with Crippen LogP contribution in [0.5, 0.6) is 0 Å². The molecule has 1 amide bonds. The van der Waals surface area contributed by atoms with Crippen LogP contribution < -0.4 is 11.1 Å². The first-order valence-corrected chi connectivity index (χ1v) is 10.6. The molecule has 13 heteroatoms. The molecule has 0 aliphatic carbocycles. The molecule has 0 aliphatic rings. The summed E-state index contributed by atoms with van der Waals surface area (Å²) in [5, 5.41) is 11.5. The van der Waals surface area contributed by atoms with E-state index in [1.54, 1.807) is 12.1 Å². The van der Waals surface area contributed by atoms with Crippen LogP contribution in [0.15, 0.2) is 53.2 Å². The van der Waals surface area contributed by atoms with Gasteiger partial charge >= 0.3 is 9.90 Å². The molecule has 0 saturated heterocycles. The maximum absolute atomic E-state index is 13.5. The number of carboxylic acid groups (broad SMARTS) is 1. The number of rotatable bonds is 7. The van der Waals surface area contributed by atoms with Crippen LogP contribution in [0.2, 0.25) is 15.1 Å². The Balaban J connectivity index is 2.29. The molecule has 0 aliphatic heterocycles. The predicted octanol–water partition coefficient (Wildman–Crippen LogP) is 5.90. The van der Waals surface area contributed by atoms with Gasteiger partial charge in [0.1, 0.15) is 5.56 Å². The van der Waals surface area contributed by atoms with Crippen molar-refractivity contribution in [3.8, 4) is 0 Å². The minimum Gasteiger partial charge on any atom is -0.478 e. The van der Waals surface area contributed by atoms with Gasteiger partial charge in [-0.15, -0.1) is 0 Å². The Kier molecular flexibility index (Phi) is 9.08. The number of benzene rings is 2. The quantitative estimate of drug-likeness (QED) is 0.155. The van der Waals surface area contributed by atoms with Crippen molar-refractivity contribution < 1.29 is 28.2 Å². The van der Waals surface area contributed by atoms with Crippen LogP contribution in [-0.4, -0.2) is 33.4 Å². The number of hydrogen-bond donors (Lipinski definition) is 3. The van der Waals surface area contributed by atoms with Gasteiger partial charge in [-0.1, -0.05) is 46.9 Å². The number of carbonyl (C=O) groups is 2. The monoisotopic (exact) mass is 617 g/mol. The number of halogens is 6. The number of carboxylic acids is 1. The molecule has 0 aromatic heterocycles. The molecule has 2 rings (SSSR count). The van der Waals surface area contributed by atoms with E-state index in [2.05, 4.69) is 10.3 Å². The summed E-state index contributed by atoms with van der Waals surface area (Å²) in [6.45, 7) is -0.748. The number of amides is 1. The van der Waals surface area contributed by atoms with E-state index in [4.69, 9.17) is 45.3 Å². The Morgan fingerprint density at radius 3 is 2.38 bits per heavy atom. The van der Waals surface area contributed by atoms with Gasteiger partial charge in [0.2, 0.25) is 5.90 Å². The molecule has 0 unspecified atom stereocenters. The first-order chi connectivity index (χ1) is 14.9. The summed E-state index contributed by atoms with van der Waals surface area (Å²) in [5.41, 5.74) is 4.00. The number of nitrogens with one attached hydrogen (secondary N) is 1. The normalized spacial score (nSPS) is 12.4. The molecule has 0 spiro atoms. The van der Waals surface area contributed by atoms with E-state index in [1.165, 1.54) is 24.3 Å². The van der Waals surface area contributed by atoms with Crippen LogP contribution in [0.25, 0.3) is 0 Å². The zero-order chi connectivity index (χ0) is 24.1. The fraction of sp³-hybridized carbons (Fsp3) is 0.105. The second-order valence-electron chi connectivity index (χ2n) is 5.92. The molecule has 170 valence electrons. The van der Waals surface area contributed by atoms with Gasteiger partial charge in [0.15, 0.2) is 6.61 Å². The summed E-state index contributed by atoms with van der Waals surface area (Å²) in [4.78, 5) is 27.8. The maximum atomic E-state index is 13.5. The standard InChI is InChI=1S/C19H13Cl3F2IN3O4/c20-9-3-1-2-4-12(9)27-15(7-13(26)19(23,24)25)32-8-14(29)28-17-11(22)6-5-10(21)16(17)18(30)31/h1-7H,8,26H2,(H,28,29)(H,30,31). The van der Waals surface area contributed by atoms with Crippen LogP contribution in [0.3, 0.4) is 0 Å². The summed E-state index contributed by atoms with van der Waals surface area (Å²) in [5.74, 6) is -2.72. The molecule has 2 aromatic rings. The van der Waals surface area contributed by atoms with E-state index in [-0.39, 0.29) is 26.4 Å². The summed E-state index contributed by atoms with van der Waals surface area (Å²) in [6, 6.07) is 8.79. The maximum Gasteiger partial charge on any atom is 0.339 e. The highest BCUT2D eigenvalue weighted by atomic mass is 127. The number of para-hydroxylation sites is 1. The summed E-state index contributed by atoms with van der Waals surface area (Å²) in [7, 11) is 0. The molecular formula is C19H13Cl3F2IN3O4. The van der Waals surface area contributed by atoms with E-state index < -0.39 is 39.6 Å². The Morgan fingerprint density at radius 1 is 1.16 bits per heavy atom. The van der Waals surface area contributed by atoms with E-state index in [9.17, 15) is 23.5 Å². The molecule has 0 bridgehead atoms. The summed E-state index contributed by atoms with van der Waals surface area (Å²) in [6.07, 6.45) is 0.748. The van der Waals surface area contributed by atoms with E-state index in [0.29, 0.717) is 0 Å². The van der Waals surface area contributed by atoms with Crippen molar-refractivity contribution in [2.24, 2.45) is 10.7 Å². The number of allylic oxidation sites excluding steroid dienone is 1. The zero-order valence-corrected chi connectivity index (χ0v) is 20.1. The third kappa shape index (κ3) is 7.19. The van der Waals surface area contributed by atoms with E-state index in [1.807, 2.05) is 0 Å². The van der Waals surface area contributed by atoms with Crippen molar-refractivity contribution in [2.45, 2.75) is 3.93 Å². The zero-order valence-electron chi connectivity index (χ0n) is 15.7. The lowest BCUT2D eigenvalue weighted by Crippen LogP contribution is -2.24. The lowest BCUT2D eigenvalue weighted by molar-refractivity contribution is -0.118. The number of anilines is 1. The Bertz CT molecular complexity index is 1110. The van der Waals surface area contributed by atoms with Crippen LogP contribution in [0.4, 0.5) is 20.2 Å². The molecular weight excluding hydrogens is 605 g/mol. The molecule has 0 heterocycles. The Labute approximate surface area is 209 Å². The molecule has 32 heavy (non-hydrogen) atoms. The summed E-state index contributed by atoms with van der Waals surface area (Å²) < 4.78 is 28.8. The van der Waals surface area contributed by atoms with Gasteiger partial charge < -0.3 is 20.9 Å². The van der Waals surface area contributed by atoms with Crippen LogP contribution in [0, 0.1) is 0 Å². The van der Waals surface area contributed by atoms with Gasteiger partial charge in [-0.25, -0.2) is 9.79 Å². The number of hydrogen-bond acceptors (Lipinski definition) is 5. The van der Waals surface area contributed by atoms with Crippen LogP contribution >= 0.6 is 57.4 Å². The van der Waals surface area contributed by atoms with E-state index in [0.717, 1.165) is 28.7 Å². The average molecular weight is 619 g/mol. The third-order valence-corrected chi connectivity index (χ3v) is 5.19. The fourth-order valence-electron chi connectivity index (χ4n) is 2.18. The van der Waals surface area contributed by atoms with E-state index >= 15 is 0 Å². The van der Waals surface area contributed by atoms with Crippen molar-refractivity contribution >= 4 is 86.5 Å². The van der Waals surface area contributed by atoms with Crippen LogP contribution in [0.1, 0.15) is 10.4 Å². The SMILES string of the molecule is NC(=CC(=Nc1ccccc1Cl)OCC(=O)Nc1c(Cl)ccc(Cl)c1C(=O)O)C(F)(F)I. The minimum absolute atomic E-state index is 0.0844. The number of alkyl halides is 3. The highest BCUT2D eigenvalue weighted by molar-refractivity contribution is 14.1. The lowest BCUT2D eigenvalue weighted by Gasteiger charge is -2.13. The van der Waals surface area contributed by atoms with Gasteiger partial charge in [0, 0.05) is 28.7 Å². The number of ether oxygens (including phenoxy) is 1. The average Bonchev–Trinajstić information content (AvgIpc) is 2.69. The second-order valence-corrected chi connectivity index (χ2v) is 8.50. The van der Waals surface area contributed by atoms with Gasteiger partial charge in [0.05, 0.1) is 32.1 Å². The fourth-order valence-corrected chi connectivity index (χ4v) is 2.96. The van der Waals surface area contributed by atoms with Gasteiger partial charge in [-0.2, -0.15) is 8.78 Å². The molecule has 2 aromatic carbocycles. The van der Waals surface area contributed by atoms with Crippen molar-refractivity contribution in [3.05, 3.63) is 68.8 Å². The molecule has 7 nitrogen and oxygen atoms in total. The predicted molar refractivity (Wildman–Crippen MR) is 128 cm³/mol. The van der Waals surface area contributed by atoms with Crippen molar-refractivity contribution in [3.63, 3.8) is 0 Å². The third-order valence-electron chi connectivity index (χ3n) is 3.62. The largest absolute Gasteiger partial charge is 0.478 e. The molecule has 0 saturated carbocycles. The first-order valence-electron chi connectivity index (χ1n) is 8.41. The van der Waals surface area contributed by atoms with Gasteiger partial charge in [-0.3, -0.25) is 4.79 Å². The Hall–Kier alpha value is -2.15. The number of aliphatic imine (C=N–C) groups is 1. The van der Waals surface area contributed by atoms with Gasteiger partial charge in [0.25, 0.3) is 5.91 Å².